The normalized spacial score (nSPS) is 15.6. The molecule has 0 rings (SSSR count). The Kier molecular flexibility index (Phi) is 9.06. The van der Waals surface area contributed by atoms with Gasteiger partial charge in [0.1, 0.15) is 12.5 Å². The largest absolute Gasteiger partial charge is 0.378 e. The van der Waals surface area contributed by atoms with Crippen LogP contribution in [0, 0.1) is 0 Å². The average Bonchev–Trinajstić information content (AvgIpc) is 2.24. The maximum Gasteiger partial charge on any atom is 0.109 e. The molecule has 0 aliphatic heterocycles. The van der Waals surface area contributed by atoms with Crippen LogP contribution in [0.15, 0.2) is 0 Å². The molecule has 0 aromatic rings. The summed E-state index contributed by atoms with van der Waals surface area (Å²) in [6.07, 6.45) is 4.74. The molecule has 3 heteroatoms. The lowest BCUT2D eigenvalue weighted by molar-refractivity contribution is -0.105. The van der Waals surface area contributed by atoms with Crippen molar-refractivity contribution in [2.24, 2.45) is 0 Å². The van der Waals surface area contributed by atoms with Crippen LogP contribution < -0.4 is 0 Å². The van der Waals surface area contributed by atoms with Crippen molar-refractivity contribution in [1.29, 1.82) is 0 Å². The Morgan fingerprint density at radius 2 is 1.27 bits per heavy atom. The molecule has 0 heterocycles. The minimum absolute atomic E-state index is 0.484. The molecule has 0 fully saturated rings. The molecule has 2 atom stereocenters. The van der Waals surface area contributed by atoms with E-state index in [1.54, 1.807) is 4.90 Å². The summed E-state index contributed by atoms with van der Waals surface area (Å²) >= 11 is 0. The predicted octanol–water partition coefficient (Wildman–Crippen LogP) is 2.33. The van der Waals surface area contributed by atoms with Gasteiger partial charge in [-0.05, 0) is 25.7 Å². The Balaban J connectivity index is 3.96. The number of unbranched alkanes of at least 4 members (excludes halogenated alkanes) is 2. The fourth-order valence-electron chi connectivity index (χ4n) is 1.73. The highest BCUT2D eigenvalue weighted by molar-refractivity contribution is 4.64. The van der Waals surface area contributed by atoms with E-state index in [4.69, 9.17) is 0 Å². The SMILES string of the molecule is CCCCC(O)N(CC)C(O)CCCC. The van der Waals surface area contributed by atoms with Crippen LogP contribution in [0.3, 0.4) is 0 Å². The first-order chi connectivity index (χ1) is 7.17. The van der Waals surface area contributed by atoms with Gasteiger partial charge in [-0.2, -0.15) is 0 Å². The summed E-state index contributed by atoms with van der Waals surface area (Å²) in [6, 6.07) is 0. The average molecular weight is 217 g/mol. The summed E-state index contributed by atoms with van der Waals surface area (Å²) in [7, 11) is 0. The fourth-order valence-corrected chi connectivity index (χ4v) is 1.73. The van der Waals surface area contributed by atoms with Gasteiger partial charge in [0.2, 0.25) is 0 Å². The van der Waals surface area contributed by atoms with Gasteiger partial charge in [-0.25, -0.2) is 0 Å². The molecule has 15 heavy (non-hydrogen) atoms. The van der Waals surface area contributed by atoms with Gasteiger partial charge < -0.3 is 10.2 Å². The van der Waals surface area contributed by atoms with Gasteiger partial charge >= 0.3 is 0 Å². The van der Waals surface area contributed by atoms with Crippen molar-refractivity contribution in [3.05, 3.63) is 0 Å². The zero-order valence-corrected chi connectivity index (χ0v) is 10.4. The van der Waals surface area contributed by atoms with Crippen LogP contribution in [0.1, 0.15) is 59.3 Å². The van der Waals surface area contributed by atoms with E-state index in [9.17, 15) is 10.2 Å². The van der Waals surface area contributed by atoms with E-state index in [1.165, 1.54) is 0 Å². The minimum Gasteiger partial charge on any atom is -0.378 e. The minimum atomic E-state index is -0.484. The first-order valence-corrected chi connectivity index (χ1v) is 6.29. The van der Waals surface area contributed by atoms with Crippen LogP contribution in [0.2, 0.25) is 0 Å². The van der Waals surface area contributed by atoms with Crippen molar-refractivity contribution in [2.45, 2.75) is 71.8 Å². The first kappa shape index (κ1) is 14.9. The Labute approximate surface area is 94.1 Å². The van der Waals surface area contributed by atoms with Gasteiger partial charge in [0, 0.05) is 6.54 Å². The summed E-state index contributed by atoms with van der Waals surface area (Å²) < 4.78 is 0. The molecule has 3 nitrogen and oxygen atoms in total. The number of nitrogens with zero attached hydrogens (tertiary/aromatic N) is 1. The van der Waals surface area contributed by atoms with Crippen molar-refractivity contribution in [3.63, 3.8) is 0 Å². The Morgan fingerprint density at radius 3 is 1.53 bits per heavy atom. The lowest BCUT2D eigenvalue weighted by Gasteiger charge is -2.31. The van der Waals surface area contributed by atoms with Gasteiger partial charge in [0.05, 0.1) is 0 Å². The Morgan fingerprint density at radius 1 is 0.867 bits per heavy atom. The zero-order valence-electron chi connectivity index (χ0n) is 10.4. The number of rotatable bonds is 9. The number of hydrogen-bond acceptors (Lipinski definition) is 3. The summed E-state index contributed by atoms with van der Waals surface area (Å²) in [5.41, 5.74) is 0. The molecule has 0 aliphatic rings. The Bertz CT molecular complexity index is 128. The van der Waals surface area contributed by atoms with Crippen LogP contribution >= 0.6 is 0 Å². The standard InChI is InChI=1S/C12H27NO2/c1-4-7-9-11(14)13(6-3)12(15)10-8-5-2/h11-12,14-15H,4-10H2,1-3H3. The van der Waals surface area contributed by atoms with Gasteiger partial charge in [0.15, 0.2) is 0 Å². The van der Waals surface area contributed by atoms with Crippen LogP contribution in [0.5, 0.6) is 0 Å². The summed E-state index contributed by atoms with van der Waals surface area (Å²) in [5, 5.41) is 19.8. The smallest absolute Gasteiger partial charge is 0.109 e. The number of aliphatic hydroxyl groups is 2. The van der Waals surface area contributed by atoms with E-state index in [-0.39, 0.29) is 0 Å². The van der Waals surface area contributed by atoms with Crippen molar-refractivity contribution in [1.82, 2.24) is 4.90 Å². The first-order valence-electron chi connectivity index (χ1n) is 6.29. The molecular formula is C12H27NO2. The van der Waals surface area contributed by atoms with E-state index in [1.807, 2.05) is 6.92 Å². The summed E-state index contributed by atoms with van der Waals surface area (Å²) in [6.45, 7) is 6.90. The highest BCUT2D eigenvalue weighted by Crippen LogP contribution is 2.12. The molecule has 2 N–H and O–H groups in total. The maximum atomic E-state index is 9.88. The molecule has 0 saturated carbocycles. The number of aliphatic hydroxyl groups excluding tert-OH is 2. The lowest BCUT2D eigenvalue weighted by Crippen LogP contribution is -2.43. The van der Waals surface area contributed by atoms with Gasteiger partial charge in [0.25, 0.3) is 0 Å². The van der Waals surface area contributed by atoms with E-state index >= 15 is 0 Å². The molecule has 0 aromatic heterocycles. The highest BCUT2D eigenvalue weighted by Gasteiger charge is 2.20. The van der Waals surface area contributed by atoms with Crippen LogP contribution in [-0.2, 0) is 0 Å². The maximum absolute atomic E-state index is 9.88. The molecule has 0 spiro atoms. The molecular weight excluding hydrogens is 190 g/mol. The van der Waals surface area contributed by atoms with Crippen molar-refractivity contribution >= 4 is 0 Å². The third-order valence-electron chi connectivity index (χ3n) is 2.76. The topological polar surface area (TPSA) is 43.7 Å². The van der Waals surface area contributed by atoms with Crippen molar-refractivity contribution in [2.75, 3.05) is 6.54 Å². The van der Waals surface area contributed by atoms with E-state index in [0.29, 0.717) is 6.54 Å². The molecule has 0 amide bonds. The van der Waals surface area contributed by atoms with Crippen molar-refractivity contribution < 1.29 is 10.2 Å². The van der Waals surface area contributed by atoms with Crippen LogP contribution in [0.4, 0.5) is 0 Å². The third kappa shape index (κ3) is 6.13. The zero-order chi connectivity index (χ0) is 11.7. The van der Waals surface area contributed by atoms with Gasteiger partial charge in [-0.15, -0.1) is 0 Å². The number of hydrogen-bond donors (Lipinski definition) is 2. The highest BCUT2D eigenvalue weighted by atomic mass is 16.3. The lowest BCUT2D eigenvalue weighted by atomic mass is 10.2. The third-order valence-corrected chi connectivity index (χ3v) is 2.76. The van der Waals surface area contributed by atoms with E-state index < -0.39 is 12.5 Å². The predicted molar refractivity (Wildman–Crippen MR) is 63.4 cm³/mol. The molecule has 92 valence electrons. The molecule has 0 aliphatic carbocycles. The van der Waals surface area contributed by atoms with Gasteiger partial charge in [-0.3, -0.25) is 4.90 Å². The second-order valence-electron chi connectivity index (χ2n) is 4.08. The molecule has 0 radical (unpaired) electrons. The molecule has 0 bridgehead atoms. The molecule has 0 saturated heterocycles. The monoisotopic (exact) mass is 217 g/mol. The summed E-state index contributed by atoms with van der Waals surface area (Å²) in [4.78, 5) is 1.78. The van der Waals surface area contributed by atoms with E-state index in [0.717, 1.165) is 38.5 Å². The van der Waals surface area contributed by atoms with Gasteiger partial charge in [-0.1, -0.05) is 33.6 Å². The Hall–Kier alpha value is -0.120. The quantitative estimate of drug-likeness (QED) is 0.583. The molecule has 2 unspecified atom stereocenters. The van der Waals surface area contributed by atoms with Crippen molar-refractivity contribution in [3.8, 4) is 0 Å². The van der Waals surface area contributed by atoms with E-state index in [2.05, 4.69) is 13.8 Å². The second kappa shape index (κ2) is 9.13. The van der Waals surface area contributed by atoms with Crippen LogP contribution in [-0.4, -0.2) is 34.1 Å². The second-order valence-corrected chi connectivity index (χ2v) is 4.08. The summed E-state index contributed by atoms with van der Waals surface area (Å²) in [5.74, 6) is 0. The fraction of sp³-hybridized carbons (Fsp3) is 1.00. The van der Waals surface area contributed by atoms with Crippen LogP contribution in [0.25, 0.3) is 0 Å². The molecule has 0 aromatic carbocycles.